The Bertz CT molecular complexity index is 502. The Labute approximate surface area is 105 Å². The maximum Gasteiger partial charge on any atom is 0.332 e. The second-order valence-electron chi connectivity index (χ2n) is 4.15. The first-order valence-electron chi connectivity index (χ1n) is 5.80. The first-order valence-corrected chi connectivity index (χ1v) is 5.80. The fraction of sp³-hybridized carbons (Fsp3) is 0.214. The van der Waals surface area contributed by atoms with E-state index in [0.29, 0.717) is 6.42 Å². The molecule has 1 atom stereocenters. The van der Waals surface area contributed by atoms with E-state index in [1.54, 1.807) is 0 Å². The molecule has 0 aliphatic heterocycles. The summed E-state index contributed by atoms with van der Waals surface area (Å²) in [6.45, 7) is 0. The molecular formula is C14H15NO3. The number of carboxylic acids is 1. The number of benzene rings is 1. The van der Waals surface area contributed by atoms with Gasteiger partial charge in [0.15, 0.2) is 6.10 Å². The van der Waals surface area contributed by atoms with Crippen LogP contribution in [0.5, 0.6) is 0 Å². The van der Waals surface area contributed by atoms with Gasteiger partial charge in [-0.15, -0.1) is 0 Å². The number of hydrogen-bond acceptors (Lipinski definition) is 2. The van der Waals surface area contributed by atoms with Crippen molar-refractivity contribution in [3.05, 3.63) is 54.4 Å². The zero-order chi connectivity index (χ0) is 13.0. The molecule has 1 unspecified atom stereocenters. The third-order valence-electron chi connectivity index (χ3n) is 2.83. The highest BCUT2D eigenvalue weighted by molar-refractivity contribution is 5.71. The molecule has 1 aromatic carbocycles. The highest BCUT2D eigenvalue weighted by Gasteiger charge is 2.12. The van der Waals surface area contributed by atoms with Crippen LogP contribution in [0.15, 0.2) is 48.8 Å². The Hall–Kier alpha value is -2.07. The van der Waals surface area contributed by atoms with Crippen LogP contribution < -0.4 is 0 Å². The molecule has 4 nitrogen and oxygen atoms in total. The average molecular weight is 245 g/mol. The average Bonchev–Trinajstić information content (AvgIpc) is 2.90. The van der Waals surface area contributed by atoms with Crippen LogP contribution in [0.4, 0.5) is 0 Å². The minimum Gasteiger partial charge on any atom is -0.479 e. The summed E-state index contributed by atoms with van der Waals surface area (Å²) in [5, 5.41) is 17.8. The molecule has 0 saturated heterocycles. The van der Waals surface area contributed by atoms with E-state index in [-0.39, 0.29) is 6.42 Å². The molecule has 0 bridgehead atoms. The third-order valence-corrected chi connectivity index (χ3v) is 2.83. The summed E-state index contributed by atoms with van der Waals surface area (Å²) in [4.78, 5) is 10.5. The number of aromatic nitrogens is 1. The van der Waals surface area contributed by atoms with Crippen molar-refractivity contribution in [2.45, 2.75) is 18.9 Å². The van der Waals surface area contributed by atoms with Gasteiger partial charge in [0.05, 0.1) is 0 Å². The fourth-order valence-electron chi connectivity index (χ4n) is 1.77. The lowest BCUT2D eigenvalue weighted by Gasteiger charge is -2.07. The van der Waals surface area contributed by atoms with E-state index in [1.165, 1.54) is 0 Å². The Balaban J connectivity index is 1.98. The van der Waals surface area contributed by atoms with E-state index in [1.807, 2.05) is 53.4 Å². The van der Waals surface area contributed by atoms with E-state index in [2.05, 4.69) is 0 Å². The minimum absolute atomic E-state index is 0.234. The number of rotatable bonds is 5. The second-order valence-corrected chi connectivity index (χ2v) is 4.15. The van der Waals surface area contributed by atoms with E-state index in [0.717, 1.165) is 11.3 Å². The van der Waals surface area contributed by atoms with Crippen LogP contribution in [0.2, 0.25) is 0 Å². The van der Waals surface area contributed by atoms with Crippen LogP contribution in [0.1, 0.15) is 12.0 Å². The lowest BCUT2D eigenvalue weighted by molar-refractivity contribution is -0.146. The molecule has 94 valence electrons. The first-order chi connectivity index (χ1) is 8.66. The number of aliphatic hydroxyl groups excluding tert-OH is 1. The predicted octanol–water partition coefficient (Wildman–Crippen LogP) is 1.86. The molecule has 0 radical (unpaired) electrons. The number of aryl methyl sites for hydroxylation is 1. The minimum atomic E-state index is -1.28. The molecule has 0 amide bonds. The zero-order valence-electron chi connectivity index (χ0n) is 9.86. The third kappa shape index (κ3) is 2.99. The van der Waals surface area contributed by atoms with Gasteiger partial charge in [0.25, 0.3) is 0 Å². The number of aliphatic hydroxyl groups is 1. The van der Waals surface area contributed by atoms with E-state index in [4.69, 9.17) is 5.11 Å². The highest BCUT2D eigenvalue weighted by Crippen LogP contribution is 2.12. The van der Waals surface area contributed by atoms with Gasteiger partial charge < -0.3 is 14.8 Å². The smallest absolute Gasteiger partial charge is 0.332 e. The van der Waals surface area contributed by atoms with Gasteiger partial charge in [0.1, 0.15) is 0 Å². The van der Waals surface area contributed by atoms with Crippen LogP contribution in [0, 0.1) is 0 Å². The standard InChI is InChI=1S/C14H15NO3/c16-13(14(17)18)8-5-11-3-6-12(7-4-11)15-9-1-2-10-15/h1-4,6-7,9-10,13,16H,5,8H2,(H,17,18). The van der Waals surface area contributed by atoms with Crippen molar-refractivity contribution in [1.29, 1.82) is 0 Å². The van der Waals surface area contributed by atoms with Crippen molar-refractivity contribution >= 4 is 5.97 Å². The van der Waals surface area contributed by atoms with Gasteiger partial charge in [0, 0.05) is 18.1 Å². The molecule has 0 saturated carbocycles. The van der Waals surface area contributed by atoms with Gasteiger partial charge in [-0.2, -0.15) is 0 Å². The number of aliphatic carboxylic acids is 1. The fourth-order valence-corrected chi connectivity index (χ4v) is 1.77. The van der Waals surface area contributed by atoms with Crippen LogP contribution >= 0.6 is 0 Å². The summed E-state index contributed by atoms with van der Waals surface area (Å²) in [6, 6.07) is 11.8. The van der Waals surface area contributed by atoms with Crippen molar-refractivity contribution in [3.63, 3.8) is 0 Å². The highest BCUT2D eigenvalue weighted by atomic mass is 16.4. The summed E-state index contributed by atoms with van der Waals surface area (Å²) < 4.78 is 2.00. The number of nitrogens with zero attached hydrogens (tertiary/aromatic N) is 1. The molecule has 18 heavy (non-hydrogen) atoms. The van der Waals surface area contributed by atoms with Crippen LogP contribution in [-0.4, -0.2) is 26.9 Å². The Morgan fingerprint density at radius 2 is 1.78 bits per heavy atom. The maximum absolute atomic E-state index is 10.5. The molecule has 1 aromatic heterocycles. The quantitative estimate of drug-likeness (QED) is 0.845. The molecular weight excluding hydrogens is 230 g/mol. The number of carboxylic acid groups (broad SMARTS) is 1. The Morgan fingerprint density at radius 3 is 2.33 bits per heavy atom. The van der Waals surface area contributed by atoms with E-state index >= 15 is 0 Å². The number of hydrogen-bond donors (Lipinski definition) is 2. The summed E-state index contributed by atoms with van der Waals surface area (Å²) in [5.41, 5.74) is 2.08. The van der Waals surface area contributed by atoms with E-state index in [9.17, 15) is 9.90 Å². The number of carbonyl (C=O) groups is 1. The summed E-state index contributed by atoms with van der Waals surface area (Å²) in [5.74, 6) is -1.17. The molecule has 4 heteroatoms. The van der Waals surface area contributed by atoms with Crippen molar-refractivity contribution in [1.82, 2.24) is 4.57 Å². The monoisotopic (exact) mass is 245 g/mol. The zero-order valence-corrected chi connectivity index (χ0v) is 9.86. The lowest BCUT2D eigenvalue weighted by Crippen LogP contribution is -2.19. The SMILES string of the molecule is O=C(O)C(O)CCc1ccc(-n2cccc2)cc1. The summed E-state index contributed by atoms with van der Waals surface area (Å²) >= 11 is 0. The van der Waals surface area contributed by atoms with Gasteiger partial charge in [-0.05, 0) is 42.7 Å². The molecule has 0 fully saturated rings. The van der Waals surface area contributed by atoms with Gasteiger partial charge in [-0.1, -0.05) is 12.1 Å². The van der Waals surface area contributed by atoms with Gasteiger partial charge >= 0.3 is 5.97 Å². The summed E-state index contributed by atoms with van der Waals surface area (Å²) in [7, 11) is 0. The topological polar surface area (TPSA) is 62.5 Å². The first kappa shape index (κ1) is 12.4. The molecule has 0 aliphatic rings. The van der Waals surface area contributed by atoms with Crippen molar-refractivity contribution in [2.24, 2.45) is 0 Å². The van der Waals surface area contributed by atoms with Crippen LogP contribution in [0.3, 0.4) is 0 Å². The van der Waals surface area contributed by atoms with Gasteiger partial charge in [-0.25, -0.2) is 4.79 Å². The largest absolute Gasteiger partial charge is 0.479 e. The molecule has 2 aromatic rings. The van der Waals surface area contributed by atoms with Crippen molar-refractivity contribution in [3.8, 4) is 5.69 Å². The second kappa shape index (κ2) is 5.51. The van der Waals surface area contributed by atoms with Crippen molar-refractivity contribution < 1.29 is 15.0 Å². The summed E-state index contributed by atoms with van der Waals surface area (Å²) in [6.07, 6.45) is 3.43. The van der Waals surface area contributed by atoms with Gasteiger partial charge in [0.2, 0.25) is 0 Å². The Morgan fingerprint density at radius 1 is 1.17 bits per heavy atom. The van der Waals surface area contributed by atoms with Gasteiger partial charge in [-0.3, -0.25) is 0 Å². The molecule has 0 spiro atoms. The van der Waals surface area contributed by atoms with Crippen LogP contribution in [-0.2, 0) is 11.2 Å². The molecule has 2 rings (SSSR count). The van der Waals surface area contributed by atoms with Crippen molar-refractivity contribution in [2.75, 3.05) is 0 Å². The molecule has 2 N–H and O–H groups in total. The lowest BCUT2D eigenvalue weighted by atomic mass is 10.1. The Kier molecular flexibility index (Phi) is 3.79. The van der Waals surface area contributed by atoms with Crippen LogP contribution in [0.25, 0.3) is 5.69 Å². The predicted molar refractivity (Wildman–Crippen MR) is 67.7 cm³/mol. The molecule has 1 heterocycles. The van der Waals surface area contributed by atoms with E-state index < -0.39 is 12.1 Å². The maximum atomic E-state index is 10.5. The normalized spacial score (nSPS) is 12.3. The molecule has 0 aliphatic carbocycles.